The number of hydrogen-bond donors (Lipinski definition) is 4. The maximum atomic E-state index is 2.31. The number of likely N-dealkylation sites (N-methyl/N-ethyl adjacent to an activating group) is 4. The topological polar surface area (TPSA) is 17.8 Å². The summed E-state index contributed by atoms with van der Waals surface area (Å²) in [6.45, 7) is 7.70. The second-order valence-electron chi connectivity index (χ2n) is 5.83. The number of nitrogens with one attached hydrogen (secondary N) is 4. The Hall–Kier alpha value is 1.00. The zero-order chi connectivity index (χ0) is 12.6. The highest BCUT2D eigenvalue weighted by molar-refractivity contribution is 4.26. The minimum Gasteiger partial charge on any atom is -1.00 e. The van der Waals surface area contributed by atoms with Gasteiger partial charge in [0, 0.05) is 0 Å². The van der Waals surface area contributed by atoms with E-state index in [1.807, 2.05) is 0 Å². The molecule has 0 bridgehead atoms. The SMILES string of the molecule is C[NH+](C)CC[NH+](C)CC[NH+](C)CC[NH+](C)C.[Cl-].[Cl-].[Cl-].[Cl-]. The van der Waals surface area contributed by atoms with Crippen LogP contribution in [-0.4, -0.2) is 81.6 Å². The van der Waals surface area contributed by atoms with Crippen molar-refractivity contribution in [1.82, 2.24) is 0 Å². The van der Waals surface area contributed by atoms with E-state index in [0.717, 1.165) is 0 Å². The van der Waals surface area contributed by atoms with Crippen molar-refractivity contribution >= 4 is 0 Å². The molecule has 0 aliphatic heterocycles. The lowest BCUT2D eigenvalue weighted by Gasteiger charge is -2.19. The highest BCUT2D eigenvalue weighted by Crippen LogP contribution is 1.45. The molecule has 4 N–H and O–H groups in total. The highest BCUT2D eigenvalue weighted by atomic mass is 35.5. The minimum absolute atomic E-state index is 0. The van der Waals surface area contributed by atoms with Crippen LogP contribution < -0.4 is 69.2 Å². The van der Waals surface area contributed by atoms with Gasteiger partial charge >= 0.3 is 0 Å². The Bertz CT molecular complexity index is 156. The standard InChI is InChI=1S/C12H30N4.4ClH/c1-13(2)7-9-15(5)11-12-16(6)10-8-14(3)4;;;;/h7-12H2,1-6H3;4*1H. The number of quaternary nitrogens is 4. The molecule has 0 aliphatic carbocycles. The lowest BCUT2D eigenvalue weighted by Crippen LogP contribution is -3.22. The largest absolute Gasteiger partial charge is 1.00 e. The molecule has 0 saturated carbocycles. The van der Waals surface area contributed by atoms with Crippen LogP contribution in [0.4, 0.5) is 0 Å². The fraction of sp³-hybridized carbons (Fsp3) is 1.00. The van der Waals surface area contributed by atoms with Gasteiger partial charge in [0.2, 0.25) is 0 Å². The van der Waals surface area contributed by atoms with E-state index in [1.54, 1.807) is 19.6 Å². The molecule has 2 atom stereocenters. The normalized spacial score (nSPS) is 12.6. The number of rotatable bonds is 9. The fourth-order valence-corrected chi connectivity index (χ4v) is 1.60. The lowest BCUT2D eigenvalue weighted by atomic mass is 10.4. The molecule has 2 unspecified atom stereocenters. The van der Waals surface area contributed by atoms with Crippen molar-refractivity contribution in [2.75, 3.05) is 81.6 Å². The molecule has 0 aromatic rings. The molecule has 0 aromatic carbocycles. The molecule has 8 heteroatoms. The van der Waals surface area contributed by atoms with E-state index in [1.165, 1.54) is 39.3 Å². The quantitative estimate of drug-likeness (QED) is 0.306. The summed E-state index contributed by atoms with van der Waals surface area (Å²) < 4.78 is 0. The van der Waals surface area contributed by atoms with Crippen molar-refractivity contribution in [2.45, 2.75) is 0 Å². The molecule has 0 radical (unpaired) electrons. The van der Waals surface area contributed by atoms with Crippen molar-refractivity contribution in [3.05, 3.63) is 0 Å². The molecule has 0 rings (SSSR count). The van der Waals surface area contributed by atoms with Gasteiger partial charge in [0.1, 0.15) is 39.3 Å². The summed E-state index contributed by atoms with van der Waals surface area (Å²) in [7, 11) is 13.5. The highest BCUT2D eigenvalue weighted by Gasteiger charge is 2.09. The van der Waals surface area contributed by atoms with E-state index in [4.69, 9.17) is 0 Å². The van der Waals surface area contributed by atoms with E-state index < -0.39 is 0 Å². The van der Waals surface area contributed by atoms with Gasteiger partial charge in [-0.1, -0.05) is 0 Å². The maximum Gasteiger partial charge on any atom is 0.127 e. The fourth-order valence-electron chi connectivity index (χ4n) is 1.60. The molecule has 0 amide bonds. The first-order valence-electron chi connectivity index (χ1n) is 6.62. The Morgan fingerprint density at radius 1 is 0.400 bits per heavy atom. The Morgan fingerprint density at radius 2 is 0.600 bits per heavy atom. The van der Waals surface area contributed by atoms with Crippen molar-refractivity contribution in [1.29, 1.82) is 0 Å². The average molecular weight is 376 g/mol. The van der Waals surface area contributed by atoms with E-state index in [9.17, 15) is 0 Å². The van der Waals surface area contributed by atoms with Crippen molar-refractivity contribution in [3.8, 4) is 0 Å². The van der Waals surface area contributed by atoms with E-state index in [-0.39, 0.29) is 49.6 Å². The lowest BCUT2D eigenvalue weighted by molar-refractivity contribution is -0.968. The van der Waals surface area contributed by atoms with Crippen LogP contribution in [0.1, 0.15) is 0 Å². The molecule has 0 aliphatic rings. The summed E-state index contributed by atoms with van der Waals surface area (Å²) in [6, 6.07) is 0. The Balaban J connectivity index is -0.000000187. The van der Waals surface area contributed by atoms with Crippen LogP contribution in [0.3, 0.4) is 0 Å². The molecular weight excluding hydrogens is 342 g/mol. The summed E-state index contributed by atoms with van der Waals surface area (Å²) in [5.41, 5.74) is 0. The van der Waals surface area contributed by atoms with Gasteiger partial charge in [0.25, 0.3) is 0 Å². The van der Waals surface area contributed by atoms with Crippen LogP contribution >= 0.6 is 0 Å². The second kappa shape index (κ2) is 20.0. The Kier molecular flexibility index (Phi) is 32.8. The molecular formula is C12H34Cl4N4. The summed E-state index contributed by atoms with van der Waals surface area (Å²) in [6.07, 6.45) is 0. The van der Waals surface area contributed by atoms with Gasteiger partial charge in [0.05, 0.1) is 42.3 Å². The van der Waals surface area contributed by atoms with Crippen LogP contribution in [0.2, 0.25) is 0 Å². The van der Waals surface area contributed by atoms with E-state index in [0.29, 0.717) is 0 Å². The van der Waals surface area contributed by atoms with Gasteiger partial charge in [-0.15, -0.1) is 0 Å². The summed E-state index contributed by atoms with van der Waals surface area (Å²) >= 11 is 0. The summed E-state index contributed by atoms with van der Waals surface area (Å²) in [5.74, 6) is 0. The monoisotopic (exact) mass is 374 g/mol. The van der Waals surface area contributed by atoms with Gasteiger partial charge in [0.15, 0.2) is 0 Å². The zero-order valence-corrected chi connectivity index (χ0v) is 16.8. The molecule has 0 aromatic heterocycles. The van der Waals surface area contributed by atoms with Crippen LogP contribution in [0, 0.1) is 0 Å². The first-order chi connectivity index (χ1) is 7.41. The third kappa shape index (κ3) is 24.0. The molecule has 0 fully saturated rings. The van der Waals surface area contributed by atoms with Crippen molar-refractivity contribution in [3.63, 3.8) is 0 Å². The first kappa shape index (κ1) is 32.8. The summed E-state index contributed by atoms with van der Waals surface area (Å²) in [4.78, 5) is 6.43. The third-order valence-corrected chi connectivity index (χ3v) is 3.08. The van der Waals surface area contributed by atoms with Gasteiger partial charge < -0.3 is 69.2 Å². The van der Waals surface area contributed by atoms with Gasteiger partial charge in [-0.2, -0.15) is 0 Å². The Morgan fingerprint density at radius 3 is 0.800 bits per heavy atom. The predicted octanol–water partition coefficient (Wildman–Crippen LogP) is -17.7. The summed E-state index contributed by atoms with van der Waals surface area (Å²) in [5, 5.41) is 0. The zero-order valence-electron chi connectivity index (χ0n) is 13.8. The van der Waals surface area contributed by atoms with Crippen molar-refractivity contribution < 1.29 is 69.2 Å². The van der Waals surface area contributed by atoms with Gasteiger partial charge in [-0.3, -0.25) is 0 Å². The van der Waals surface area contributed by atoms with E-state index >= 15 is 0 Å². The first-order valence-corrected chi connectivity index (χ1v) is 6.62. The predicted molar refractivity (Wildman–Crippen MR) is 68.6 cm³/mol. The molecule has 4 nitrogen and oxygen atoms in total. The van der Waals surface area contributed by atoms with Crippen LogP contribution in [0.5, 0.6) is 0 Å². The average Bonchev–Trinajstić information content (AvgIpc) is 2.20. The third-order valence-electron chi connectivity index (χ3n) is 3.08. The maximum absolute atomic E-state index is 2.31. The minimum atomic E-state index is 0. The molecule has 0 spiro atoms. The number of hydrogen-bond acceptors (Lipinski definition) is 0. The smallest absolute Gasteiger partial charge is 0.127 e. The molecule has 130 valence electrons. The Labute approximate surface area is 150 Å². The van der Waals surface area contributed by atoms with Crippen LogP contribution in [0.15, 0.2) is 0 Å². The van der Waals surface area contributed by atoms with Gasteiger partial charge in [-0.25, -0.2) is 0 Å². The van der Waals surface area contributed by atoms with Crippen molar-refractivity contribution in [2.24, 2.45) is 0 Å². The molecule has 0 heterocycles. The molecule has 20 heavy (non-hydrogen) atoms. The number of halogens is 4. The van der Waals surface area contributed by atoms with Crippen LogP contribution in [0.25, 0.3) is 0 Å². The molecule has 0 saturated heterocycles. The van der Waals surface area contributed by atoms with E-state index in [2.05, 4.69) is 42.3 Å². The second-order valence-corrected chi connectivity index (χ2v) is 5.83. The van der Waals surface area contributed by atoms with Crippen LogP contribution in [-0.2, 0) is 0 Å². The van der Waals surface area contributed by atoms with Gasteiger partial charge in [-0.05, 0) is 0 Å².